The smallest absolute Gasteiger partial charge is 0.251 e. The Bertz CT molecular complexity index is 1190. The minimum atomic E-state index is -3.78. The van der Waals surface area contributed by atoms with Crippen molar-refractivity contribution in [1.29, 1.82) is 0 Å². The lowest BCUT2D eigenvalue weighted by atomic mass is 9.88. The summed E-state index contributed by atoms with van der Waals surface area (Å²) in [6.07, 6.45) is 2.63. The van der Waals surface area contributed by atoms with Crippen LogP contribution in [0.5, 0.6) is 0 Å². The third-order valence-corrected chi connectivity index (χ3v) is 7.16. The van der Waals surface area contributed by atoms with Crippen molar-refractivity contribution in [3.63, 3.8) is 0 Å². The van der Waals surface area contributed by atoms with E-state index < -0.39 is 10.0 Å². The second kappa shape index (κ2) is 9.22. The molecule has 0 fully saturated rings. The van der Waals surface area contributed by atoms with E-state index in [1.165, 1.54) is 17.7 Å². The van der Waals surface area contributed by atoms with Crippen LogP contribution in [0.1, 0.15) is 45.9 Å². The Morgan fingerprint density at radius 2 is 1.77 bits per heavy atom. The molecule has 160 valence electrons. The number of amides is 1. The minimum absolute atomic E-state index is 0.0784. The first-order chi connectivity index (χ1) is 14.9. The van der Waals surface area contributed by atoms with Crippen molar-refractivity contribution in [2.75, 3.05) is 0 Å². The number of carbonyl (C=O) groups is 1. The lowest BCUT2D eigenvalue weighted by molar-refractivity contribution is 0.0950. The average molecular weight is 455 g/mol. The van der Waals surface area contributed by atoms with E-state index in [1.54, 1.807) is 24.3 Å². The van der Waals surface area contributed by atoms with Gasteiger partial charge in [0.15, 0.2) is 0 Å². The second-order valence-corrected chi connectivity index (χ2v) is 9.75. The molecule has 3 aromatic carbocycles. The first-order valence-electron chi connectivity index (χ1n) is 10.2. The summed E-state index contributed by atoms with van der Waals surface area (Å²) in [5, 5.41) is 3.44. The molecular weight excluding hydrogens is 432 g/mol. The van der Waals surface area contributed by atoms with Crippen LogP contribution in [-0.2, 0) is 23.0 Å². The lowest BCUT2D eigenvalue weighted by Gasteiger charge is -2.26. The van der Waals surface area contributed by atoms with Gasteiger partial charge in [0.2, 0.25) is 10.0 Å². The fourth-order valence-electron chi connectivity index (χ4n) is 3.82. The van der Waals surface area contributed by atoms with Crippen LogP contribution in [-0.4, -0.2) is 14.3 Å². The van der Waals surface area contributed by atoms with E-state index in [-0.39, 0.29) is 16.8 Å². The zero-order valence-corrected chi connectivity index (χ0v) is 18.4. The summed E-state index contributed by atoms with van der Waals surface area (Å²) in [7, 11) is -3.78. The van der Waals surface area contributed by atoms with Gasteiger partial charge in [0.1, 0.15) is 0 Å². The molecule has 2 N–H and O–H groups in total. The summed E-state index contributed by atoms with van der Waals surface area (Å²) in [5.74, 6) is -0.338. The summed E-state index contributed by atoms with van der Waals surface area (Å²) >= 11 is 5.88. The normalized spacial score (nSPS) is 15.8. The molecule has 0 unspecified atom stereocenters. The zero-order valence-electron chi connectivity index (χ0n) is 16.8. The maximum atomic E-state index is 13.0. The number of aryl methyl sites for hydroxylation is 1. The molecular formula is C24H23ClN2O3S. The highest BCUT2D eigenvalue weighted by molar-refractivity contribution is 7.89. The number of sulfonamides is 1. The SMILES string of the molecule is O=C(NCc1ccc(Cl)cc1)c1cccc(S(=O)(=O)N[C@H]2CCCc3ccccc32)c1. The Hall–Kier alpha value is -2.67. The molecule has 1 amide bonds. The number of hydrogen-bond acceptors (Lipinski definition) is 3. The molecule has 4 rings (SSSR count). The Kier molecular flexibility index (Phi) is 6.41. The van der Waals surface area contributed by atoms with Gasteiger partial charge < -0.3 is 5.32 Å². The molecule has 3 aromatic rings. The Morgan fingerprint density at radius 1 is 1.00 bits per heavy atom. The first kappa shape index (κ1) is 21.6. The second-order valence-electron chi connectivity index (χ2n) is 7.60. The number of fused-ring (bicyclic) bond motifs is 1. The predicted octanol–water partition coefficient (Wildman–Crippen LogP) is 4.63. The summed E-state index contributed by atoms with van der Waals surface area (Å²) < 4.78 is 28.9. The van der Waals surface area contributed by atoms with Gasteiger partial charge in [0.25, 0.3) is 5.91 Å². The van der Waals surface area contributed by atoms with Gasteiger partial charge in [-0.3, -0.25) is 4.79 Å². The Labute approximate surface area is 187 Å². The maximum Gasteiger partial charge on any atom is 0.251 e. The monoisotopic (exact) mass is 454 g/mol. The van der Waals surface area contributed by atoms with Crippen LogP contribution in [0, 0.1) is 0 Å². The molecule has 0 radical (unpaired) electrons. The van der Waals surface area contributed by atoms with E-state index in [0.717, 1.165) is 30.4 Å². The van der Waals surface area contributed by atoms with E-state index >= 15 is 0 Å². The molecule has 0 saturated carbocycles. The van der Waals surface area contributed by atoms with Crippen molar-refractivity contribution in [2.24, 2.45) is 0 Å². The molecule has 0 saturated heterocycles. The molecule has 7 heteroatoms. The quantitative estimate of drug-likeness (QED) is 0.570. The molecule has 0 heterocycles. The summed E-state index contributed by atoms with van der Waals surface area (Å²) in [6, 6.07) is 20.9. The van der Waals surface area contributed by atoms with Crippen molar-refractivity contribution in [1.82, 2.24) is 10.0 Å². The number of carbonyl (C=O) groups excluding carboxylic acids is 1. The van der Waals surface area contributed by atoms with Crippen molar-refractivity contribution in [3.8, 4) is 0 Å². The van der Waals surface area contributed by atoms with Crippen LogP contribution < -0.4 is 10.0 Å². The number of halogens is 1. The van der Waals surface area contributed by atoms with E-state index in [4.69, 9.17) is 11.6 Å². The van der Waals surface area contributed by atoms with E-state index in [9.17, 15) is 13.2 Å². The molecule has 0 aromatic heterocycles. The Morgan fingerprint density at radius 3 is 2.58 bits per heavy atom. The predicted molar refractivity (Wildman–Crippen MR) is 122 cm³/mol. The van der Waals surface area contributed by atoms with Crippen molar-refractivity contribution in [3.05, 3.63) is 100 Å². The number of benzene rings is 3. The summed E-state index contributed by atoms with van der Waals surface area (Å²) in [6.45, 7) is 0.323. The van der Waals surface area contributed by atoms with Gasteiger partial charge in [-0.15, -0.1) is 0 Å². The minimum Gasteiger partial charge on any atom is -0.348 e. The van der Waals surface area contributed by atoms with Gasteiger partial charge in [0.05, 0.1) is 4.90 Å². The first-order valence-corrected chi connectivity index (χ1v) is 12.0. The van der Waals surface area contributed by atoms with Crippen LogP contribution in [0.4, 0.5) is 0 Å². The highest BCUT2D eigenvalue weighted by Crippen LogP contribution is 2.30. The van der Waals surface area contributed by atoms with Crippen molar-refractivity contribution >= 4 is 27.5 Å². The number of hydrogen-bond donors (Lipinski definition) is 2. The standard InChI is InChI=1S/C24H23ClN2O3S/c25-20-13-11-17(12-14-20)16-26-24(28)19-7-3-8-21(15-19)31(29,30)27-23-10-4-6-18-5-1-2-9-22(18)23/h1-3,5,7-9,11-15,23,27H,4,6,10,16H2,(H,26,28)/t23-/m0/s1. The molecule has 31 heavy (non-hydrogen) atoms. The number of rotatable bonds is 6. The molecule has 1 atom stereocenters. The van der Waals surface area contributed by atoms with Gasteiger partial charge in [-0.1, -0.05) is 54.1 Å². The van der Waals surface area contributed by atoms with Gasteiger partial charge in [-0.25, -0.2) is 13.1 Å². The highest BCUT2D eigenvalue weighted by atomic mass is 35.5. The zero-order chi connectivity index (χ0) is 21.8. The van der Waals surface area contributed by atoms with Gasteiger partial charge in [-0.2, -0.15) is 0 Å². The van der Waals surface area contributed by atoms with E-state index in [2.05, 4.69) is 10.0 Å². The maximum absolute atomic E-state index is 13.0. The summed E-state index contributed by atoms with van der Waals surface area (Å²) in [5.41, 5.74) is 3.39. The molecule has 0 bridgehead atoms. The van der Waals surface area contributed by atoms with Crippen LogP contribution in [0.2, 0.25) is 5.02 Å². The molecule has 1 aliphatic carbocycles. The van der Waals surface area contributed by atoms with Gasteiger partial charge in [-0.05, 0) is 66.3 Å². The van der Waals surface area contributed by atoms with Crippen LogP contribution in [0.25, 0.3) is 0 Å². The number of nitrogens with one attached hydrogen (secondary N) is 2. The molecule has 0 aliphatic heterocycles. The average Bonchev–Trinajstić information content (AvgIpc) is 2.79. The fraction of sp³-hybridized carbons (Fsp3) is 0.208. The van der Waals surface area contributed by atoms with E-state index in [1.807, 2.05) is 36.4 Å². The van der Waals surface area contributed by atoms with Crippen LogP contribution >= 0.6 is 11.6 Å². The molecule has 0 spiro atoms. The topological polar surface area (TPSA) is 75.3 Å². The third-order valence-electron chi connectivity index (χ3n) is 5.44. The van der Waals surface area contributed by atoms with Crippen LogP contribution in [0.15, 0.2) is 77.7 Å². The Balaban J connectivity index is 1.48. The third kappa shape index (κ3) is 5.15. The largest absolute Gasteiger partial charge is 0.348 e. The molecule has 1 aliphatic rings. The summed E-state index contributed by atoms with van der Waals surface area (Å²) in [4.78, 5) is 12.6. The lowest BCUT2D eigenvalue weighted by Crippen LogP contribution is -2.31. The van der Waals surface area contributed by atoms with E-state index in [0.29, 0.717) is 17.1 Å². The van der Waals surface area contributed by atoms with Gasteiger partial charge >= 0.3 is 0 Å². The molecule has 5 nitrogen and oxygen atoms in total. The van der Waals surface area contributed by atoms with Gasteiger partial charge in [0, 0.05) is 23.2 Å². The fourth-order valence-corrected chi connectivity index (χ4v) is 5.24. The van der Waals surface area contributed by atoms with Crippen molar-refractivity contribution in [2.45, 2.75) is 36.7 Å². The highest BCUT2D eigenvalue weighted by Gasteiger charge is 2.26. The van der Waals surface area contributed by atoms with Crippen LogP contribution in [0.3, 0.4) is 0 Å². The van der Waals surface area contributed by atoms with Crippen molar-refractivity contribution < 1.29 is 13.2 Å².